The molecule has 6 nitrogen and oxygen atoms in total. The van der Waals surface area contributed by atoms with Crippen LogP contribution in [0, 0.1) is 0 Å². The molecule has 0 aliphatic heterocycles. The number of benzene rings is 1. The molecule has 1 N–H and O–H groups in total. The second-order valence-corrected chi connectivity index (χ2v) is 6.85. The van der Waals surface area contributed by atoms with Crippen LogP contribution in [0.3, 0.4) is 0 Å². The smallest absolute Gasteiger partial charge is 0.240 e. The number of para-hydroxylation sites is 1. The van der Waals surface area contributed by atoms with Gasteiger partial charge in [0.25, 0.3) is 0 Å². The third-order valence-corrected chi connectivity index (χ3v) is 4.81. The topological polar surface area (TPSA) is 81.1 Å². The van der Waals surface area contributed by atoms with E-state index in [1.807, 2.05) is 0 Å². The first-order chi connectivity index (χ1) is 9.40. The Hall–Kier alpha value is -1.67. The Morgan fingerprint density at radius 3 is 2.70 bits per heavy atom. The number of amides is 1. The molecule has 1 heterocycles. The first-order valence-electron chi connectivity index (χ1n) is 5.64. The van der Waals surface area contributed by atoms with E-state index in [1.54, 1.807) is 31.3 Å². The molecule has 0 unspecified atom stereocenters. The molecule has 20 heavy (non-hydrogen) atoms. The Morgan fingerprint density at radius 2 is 2.10 bits per heavy atom. The third-order valence-electron chi connectivity index (χ3n) is 2.52. The number of carbonyl (C=O) groups is 1. The summed E-state index contributed by atoms with van der Waals surface area (Å²) < 4.78 is 26.1. The Morgan fingerprint density at radius 1 is 1.40 bits per heavy atom. The molecule has 0 fully saturated rings. The molecule has 8 heteroatoms. The van der Waals surface area contributed by atoms with Crippen LogP contribution in [0.15, 0.2) is 46.3 Å². The number of imidazole rings is 1. The third kappa shape index (κ3) is 3.26. The van der Waals surface area contributed by atoms with Crippen LogP contribution >= 0.6 is 15.9 Å². The van der Waals surface area contributed by atoms with E-state index < -0.39 is 21.5 Å². The second kappa shape index (κ2) is 5.76. The van der Waals surface area contributed by atoms with Gasteiger partial charge < -0.3 is 9.88 Å². The van der Waals surface area contributed by atoms with Crippen molar-refractivity contribution in [3.8, 4) is 0 Å². The number of hydrogen-bond acceptors (Lipinski definition) is 4. The van der Waals surface area contributed by atoms with E-state index in [0.29, 0.717) is 10.2 Å². The Balaban J connectivity index is 2.13. The van der Waals surface area contributed by atoms with Gasteiger partial charge in [-0.1, -0.05) is 12.1 Å². The maximum atomic E-state index is 12.0. The summed E-state index contributed by atoms with van der Waals surface area (Å²) >= 11 is 3.27. The number of carbonyl (C=O) groups excluding carboxylic acids is 1. The minimum absolute atomic E-state index is 0.125. The molecule has 0 atom stereocenters. The van der Waals surface area contributed by atoms with Gasteiger partial charge in [-0.25, -0.2) is 13.4 Å². The van der Waals surface area contributed by atoms with E-state index in [9.17, 15) is 13.2 Å². The number of anilines is 1. The van der Waals surface area contributed by atoms with E-state index in [0.717, 1.165) is 0 Å². The summed E-state index contributed by atoms with van der Waals surface area (Å²) in [5.41, 5.74) is 0.521. The van der Waals surface area contributed by atoms with Gasteiger partial charge in [0, 0.05) is 23.9 Å². The summed E-state index contributed by atoms with van der Waals surface area (Å²) in [6, 6.07) is 6.97. The van der Waals surface area contributed by atoms with Crippen molar-refractivity contribution in [2.24, 2.45) is 7.05 Å². The molecule has 1 aromatic carbocycles. The highest BCUT2D eigenvalue weighted by Gasteiger charge is 2.23. The molecule has 0 radical (unpaired) electrons. The lowest BCUT2D eigenvalue weighted by Gasteiger charge is -2.07. The van der Waals surface area contributed by atoms with Crippen molar-refractivity contribution in [2.45, 2.75) is 5.16 Å². The predicted octanol–water partition coefficient (Wildman–Crippen LogP) is 1.59. The monoisotopic (exact) mass is 357 g/mol. The molecule has 2 rings (SSSR count). The van der Waals surface area contributed by atoms with Crippen molar-refractivity contribution in [1.82, 2.24) is 9.55 Å². The van der Waals surface area contributed by atoms with Gasteiger partial charge in [0.1, 0.15) is 5.75 Å². The zero-order valence-corrected chi connectivity index (χ0v) is 13.0. The molecular formula is C12H12BrN3O3S. The fourth-order valence-electron chi connectivity index (χ4n) is 1.64. The van der Waals surface area contributed by atoms with Crippen molar-refractivity contribution in [3.05, 3.63) is 41.1 Å². The van der Waals surface area contributed by atoms with Gasteiger partial charge in [0.15, 0.2) is 0 Å². The van der Waals surface area contributed by atoms with E-state index in [-0.39, 0.29) is 5.16 Å². The number of aromatic nitrogens is 2. The molecule has 0 bridgehead atoms. The zero-order valence-electron chi connectivity index (χ0n) is 10.6. The number of nitrogens with one attached hydrogen (secondary N) is 1. The number of rotatable bonds is 4. The number of sulfone groups is 1. The number of aryl methyl sites for hydroxylation is 1. The molecule has 2 aromatic rings. The van der Waals surface area contributed by atoms with Gasteiger partial charge in [-0.3, -0.25) is 4.79 Å². The van der Waals surface area contributed by atoms with Crippen LogP contribution in [0.25, 0.3) is 0 Å². The fraction of sp³-hybridized carbons (Fsp3) is 0.167. The average Bonchev–Trinajstić information content (AvgIpc) is 2.78. The Labute approximate surface area is 124 Å². The highest BCUT2D eigenvalue weighted by atomic mass is 79.9. The zero-order chi connectivity index (χ0) is 14.8. The van der Waals surface area contributed by atoms with E-state index in [2.05, 4.69) is 26.2 Å². The predicted molar refractivity (Wildman–Crippen MR) is 78.0 cm³/mol. The molecular weight excluding hydrogens is 346 g/mol. The summed E-state index contributed by atoms with van der Waals surface area (Å²) in [4.78, 5) is 15.6. The number of nitrogens with zero attached hydrogens (tertiary/aromatic N) is 2. The number of halogens is 1. The Bertz CT molecular complexity index is 740. The molecule has 106 valence electrons. The van der Waals surface area contributed by atoms with Crippen molar-refractivity contribution >= 4 is 37.4 Å². The minimum Gasteiger partial charge on any atom is -0.325 e. The van der Waals surface area contributed by atoms with Crippen LogP contribution in [-0.2, 0) is 21.7 Å². The van der Waals surface area contributed by atoms with E-state index in [4.69, 9.17) is 0 Å². The van der Waals surface area contributed by atoms with Crippen LogP contribution in [0.4, 0.5) is 5.69 Å². The van der Waals surface area contributed by atoms with Gasteiger partial charge in [-0.2, -0.15) is 0 Å². The highest BCUT2D eigenvalue weighted by Crippen LogP contribution is 2.21. The lowest BCUT2D eigenvalue weighted by atomic mass is 10.3. The van der Waals surface area contributed by atoms with Gasteiger partial charge in [-0.05, 0) is 28.1 Å². The largest absolute Gasteiger partial charge is 0.325 e. The number of hydrogen-bond donors (Lipinski definition) is 1. The van der Waals surface area contributed by atoms with Gasteiger partial charge in [-0.15, -0.1) is 0 Å². The molecule has 0 saturated heterocycles. The van der Waals surface area contributed by atoms with Crippen molar-refractivity contribution < 1.29 is 13.2 Å². The summed E-state index contributed by atoms with van der Waals surface area (Å²) in [6.07, 6.45) is 2.89. The van der Waals surface area contributed by atoms with Crippen molar-refractivity contribution in [3.63, 3.8) is 0 Å². The summed E-state index contributed by atoms with van der Waals surface area (Å²) in [5.74, 6) is -1.26. The standard InChI is InChI=1S/C12H12BrN3O3S/c1-16-7-6-14-12(16)20(18,19)8-11(17)15-10-5-3-2-4-9(10)13/h2-7H,8H2,1H3,(H,15,17). The normalized spacial score (nSPS) is 11.3. The lowest BCUT2D eigenvalue weighted by molar-refractivity contribution is -0.113. The van der Waals surface area contributed by atoms with Crippen molar-refractivity contribution in [1.29, 1.82) is 0 Å². The first-order valence-corrected chi connectivity index (χ1v) is 8.09. The van der Waals surface area contributed by atoms with E-state index in [1.165, 1.54) is 17.0 Å². The maximum absolute atomic E-state index is 12.0. The molecule has 1 amide bonds. The summed E-state index contributed by atoms with van der Waals surface area (Å²) in [7, 11) is -2.19. The summed E-state index contributed by atoms with van der Waals surface area (Å²) in [5, 5.41) is 2.42. The van der Waals surface area contributed by atoms with Gasteiger partial charge in [0.05, 0.1) is 5.69 Å². The SMILES string of the molecule is Cn1ccnc1S(=O)(=O)CC(=O)Nc1ccccc1Br. The molecule has 1 aromatic heterocycles. The fourth-order valence-corrected chi connectivity index (χ4v) is 3.29. The molecule has 0 saturated carbocycles. The van der Waals surface area contributed by atoms with Crippen LogP contribution in [0.2, 0.25) is 0 Å². The van der Waals surface area contributed by atoms with E-state index >= 15 is 0 Å². The van der Waals surface area contributed by atoms with Crippen LogP contribution in [0.5, 0.6) is 0 Å². The highest BCUT2D eigenvalue weighted by molar-refractivity contribution is 9.10. The van der Waals surface area contributed by atoms with Gasteiger partial charge in [0.2, 0.25) is 20.9 Å². The van der Waals surface area contributed by atoms with Crippen LogP contribution < -0.4 is 5.32 Å². The Kier molecular flexibility index (Phi) is 4.24. The second-order valence-electron chi connectivity index (χ2n) is 4.11. The van der Waals surface area contributed by atoms with Gasteiger partial charge >= 0.3 is 0 Å². The summed E-state index contributed by atoms with van der Waals surface area (Å²) in [6.45, 7) is 0. The van der Waals surface area contributed by atoms with Crippen molar-refractivity contribution in [2.75, 3.05) is 11.1 Å². The minimum atomic E-state index is -3.76. The molecule has 0 spiro atoms. The maximum Gasteiger partial charge on any atom is 0.240 e. The van der Waals surface area contributed by atoms with Crippen LogP contribution in [-0.4, -0.2) is 29.6 Å². The average molecular weight is 358 g/mol. The quantitative estimate of drug-likeness (QED) is 0.900. The molecule has 0 aliphatic rings. The van der Waals surface area contributed by atoms with Crippen LogP contribution in [0.1, 0.15) is 0 Å². The first kappa shape index (κ1) is 14.7. The lowest BCUT2D eigenvalue weighted by Crippen LogP contribution is -2.24. The molecule has 0 aliphatic carbocycles.